The maximum atomic E-state index is 11.8. The number of nitrogens with zero attached hydrogens (tertiary/aromatic N) is 1. The summed E-state index contributed by atoms with van der Waals surface area (Å²) in [5.74, 6) is 0.610. The Balaban J connectivity index is 0.00000484. The van der Waals surface area contributed by atoms with Crippen LogP contribution in [0.4, 0.5) is 0 Å². The van der Waals surface area contributed by atoms with Crippen molar-refractivity contribution in [3.63, 3.8) is 0 Å². The fraction of sp³-hybridized carbons (Fsp3) is 0.500. The molecule has 0 aliphatic carbocycles. The number of guanidine groups is 1. The fourth-order valence-electron chi connectivity index (χ4n) is 2.03. The van der Waals surface area contributed by atoms with Crippen LogP contribution in [-0.4, -0.2) is 32.5 Å². The van der Waals surface area contributed by atoms with Crippen molar-refractivity contribution in [2.75, 3.05) is 20.6 Å². The van der Waals surface area contributed by atoms with Crippen molar-refractivity contribution in [2.45, 2.75) is 26.8 Å². The first kappa shape index (κ1) is 22.0. The normalized spacial score (nSPS) is 12.9. The van der Waals surface area contributed by atoms with Crippen LogP contribution in [0.3, 0.4) is 0 Å². The summed E-state index contributed by atoms with van der Waals surface area (Å²) in [5.41, 5.74) is 0.470. The summed E-state index contributed by atoms with van der Waals surface area (Å²) in [6.45, 7) is 6.24. The van der Waals surface area contributed by atoms with Gasteiger partial charge in [-0.1, -0.05) is 29.8 Å². The Morgan fingerprint density at radius 1 is 1.35 bits per heavy atom. The molecule has 1 atom stereocenters. The highest BCUT2D eigenvalue weighted by atomic mass is 127. The van der Waals surface area contributed by atoms with Crippen LogP contribution in [0.2, 0.25) is 5.02 Å². The third-order valence-corrected chi connectivity index (χ3v) is 3.83. The molecule has 0 radical (unpaired) electrons. The second kappa shape index (κ2) is 9.97. The first-order chi connectivity index (χ1) is 10.3. The Labute approximate surface area is 160 Å². The van der Waals surface area contributed by atoms with Gasteiger partial charge in [0.05, 0.1) is 11.5 Å². The van der Waals surface area contributed by atoms with Crippen molar-refractivity contribution in [3.05, 3.63) is 34.9 Å². The Morgan fingerprint density at radius 2 is 1.96 bits per heavy atom. The zero-order valence-electron chi connectivity index (χ0n) is 14.2. The van der Waals surface area contributed by atoms with E-state index in [0.717, 1.165) is 5.56 Å². The first-order valence-electron chi connectivity index (χ1n) is 7.25. The van der Waals surface area contributed by atoms with E-state index in [1.807, 2.05) is 45.0 Å². The molecule has 0 saturated carbocycles. The predicted octanol–water partition coefficient (Wildman–Crippen LogP) is 2.96. The highest BCUT2D eigenvalue weighted by Crippen LogP contribution is 2.22. The molecule has 1 aromatic carbocycles. The van der Waals surface area contributed by atoms with Crippen LogP contribution in [0.1, 0.15) is 32.4 Å². The maximum absolute atomic E-state index is 11.8. The molecule has 7 heteroatoms. The summed E-state index contributed by atoms with van der Waals surface area (Å²) < 4.78 is 0. The number of carbonyl (C=O) groups excluding carboxylic acids is 1. The molecule has 1 rings (SSSR count). The average molecular weight is 453 g/mol. The van der Waals surface area contributed by atoms with Gasteiger partial charge in [-0.2, -0.15) is 0 Å². The zero-order chi connectivity index (χ0) is 16.8. The highest BCUT2D eigenvalue weighted by molar-refractivity contribution is 14.0. The minimum Gasteiger partial charge on any atom is -0.359 e. The molecule has 0 aliphatic rings. The van der Waals surface area contributed by atoms with Crippen LogP contribution in [0.25, 0.3) is 0 Å². The lowest BCUT2D eigenvalue weighted by Gasteiger charge is -2.25. The summed E-state index contributed by atoms with van der Waals surface area (Å²) in [6, 6.07) is 7.69. The van der Waals surface area contributed by atoms with Crippen LogP contribution in [0, 0.1) is 5.41 Å². The Morgan fingerprint density at radius 3 is 2.48 bits per heavy atom. The predicted molar refractivity (Wildman–Crippen MR) is 108 cm³/mol. The van der Waals surface area contributed by atoms with E-state index in [2.05, 4.69) is 20.9 Å². The van der Waals surface area contributed by atoms with Gasteiger partial charge in [-0.3, -0.25) is 9.79 Å². The topological polar surface area (TPSA) is 65.5 Å². The van der Waals surface area contributed by atoms with E-state index >= 15 is 0 Å². The van der Waals surface area contributed by atoms with Gasteiger partial charge in [0.1, 0.15) is 0 Å². The zero-order valence-corrected chi connectivity index (χ0v) is 17.3. The van der Waals surface area contributed by atoms with Gasteiger partial charge in [-0.25, -0.2) is 0 Å². The molecule has 3 N–H and O–H groups in total. The molecule has 0 heterocycles. The van der Waals surface area contributed by atoms with Crippen LogP contribution < -0.4 is 16.0 Å². The molecule has 1 unspecified atom stereocenters. The minimum absolute atomic E-state index is 0. The highest BCUT2D eigenvalue weighted by Gasteiger charge is 2.26. The first-order valence-corrected chi connectivity index (χ1v) is 7.63. The molecule has 0 aliphatic heterocycles. The second-order valence-electron chi connectivity index (χ2n) is 5.78. The van der Waals surface area contributed by atoms with Crippen molar-refractivity contribution in [1.82, 2.24) is 16.0 Å². The molecule has 0 fully saturated rings. The molecule has 0 saturated heterocycles. The number of hydrogen-bond acceptors (Lipinski definition) is 2. The van der Waals surface area contributed by atoms with Gasteiger partial charge in [-0.05, 0) is 32.4 Å². The number of hydrogen-bond donors (Lipinski definition) is 3. The van der Waals surface area contributed by atoms with Gasteiger partial charge in [0.15, 0.2) is 5.96 Å². The van der Waals surface area contributed by atoms with Gasteiger partial charge in [0.2, 0.25) is 5.91 Å². The van der Waals surface area contributed by atoms with E-state index in [9.17, 15) is 4.79 Å². The second-order valence-corrected chi connectivity index (χ2v) is 6.18. The Hall–Kier alpha value is -1.02. The summed E-state index contributed by atoms with van der Waals surface area (Å²) in [6.07, 6.45) is 0. The van der Waals surface area contributed by atoms with Gasteiger partial charge >= 0.3 is 0 Å². The lowest BCUT2D eigenvalue weighted by molar-refractivity contribution is -0.128. The van der Waals surface area contributed by atoms with Crippen molar-refractivity contribution in [2.24, 2.45) is 10.4 Å². The van der Waals surface area contributed by atoms with E-state index in [0.29, 0.717) is 17.5 Å². The summed E-state index contributed by atoms with van der Waals surface area (Å²) in [7, 11) is 3.33. The van der Waals surface area contributed by atoms with Crippen molar-refractivity contribution in [3.8, 4) is 0 Å². The van der Waals surface area contributed by atoms with E-state index < -0.39 is 5.41 Å². The smallest absolute Gasteiger partial charge is 0.227 e. The molecule has 130 valence electrons. The lowest BCUT2D eigenvalue weighted by Crippen LogP contribution is -2.47. The number of nitrogens with one attached hydrogen (secondary N) is 3. The molecule has 1 amide bonds. The molecule has 23 heavy (non-hydrogen) atoms. The van der Waals surface area contributed by atoms with Crippen molar-refractivity contribution < 1.29 is 4.79 Å². The van der Waals surface area contributed by atoms with Gasteiger partial charge < -0.3 is 16.0 Å². The van der Waals surface area contributed by atoms with Gasteiger partial charge in [0, 0.05) is 25.7 Å². The Bertz CT molecular complexity index is 549. The van der Waals surface area contributed by atoms with Crippen LogP contribution in [-0.2, 0) is 4.79 Å². The number of benzene rings is 1. The van der Waals surface area contributed by atoms with E-state index in [1.54, 1.807) is 14.1 Å². The van der Waals surface area contributed by atoms with Crippen LogP contribution in [0.15, 0.2) is 29.3 Å². The summed E-state index contributed by atoms with van der Waals surface area (Å²) >= 11 is 6.20. The SMILES string of the molecule is CN=C(NCC(C)(C)C(=O)NC)NC(C)c1ccccc1Cl.I. The minimum atomic E-state index is -0.528. The molecule has 0 bridgehead atoms. The van der Waals surface area contributed by atoms with Crippen LogP contribution >= 0.6 is 35.6 Å². The average Bonchev–Trinajstić information content (AvgIpc) is 2.50. The fourth-order valence-corrected chi connectivity index (χ4v) is 2.33. The summed E-state index contributed by atoms with van der Waals surface area (Å²) in [4.78, 5) is 16.0. The van der Waals surface area contributed by atoms with E-state index in [4.69, 9.17) is 11.6 Å². The maximum Gasteiger partial charge on any atom is 0.227 e. The molecular weight excluding hydrogens is 427 g/mol. The largest absolute Gasteiger partial charge is 0.359 e. The van der Waals surface area contributed by atoms with Crippen molar-refractivity contribution in [1.29, 1.82) is 0 Å². The molecule has 0 aromatic heterocycles. The number of rotatable bonds is 5. The summed E-state index contributed by atoms with van der Waals surface area (Å²) in [5, 5.41) is 9.83. The van der Waals surface area contributed by atoms with E-state index in [-0.39, 0.29) is 35.9 Å². The monoisotopic (exact) mass is 452 g/mol. The van der Waals surface area contributed by atoms with Gasteiger partial charge in [-0.15, -0.1) is 24.0 Å². The standard InChI is InChI=1S/C16H25ClN4O.HI/c1-11(12-8-6-7-9-13(12)17)21-15(19-5)20-10-16(2,3)14(22)18-4;/h6-9,11H,10H2,1-5H3,(H,18,22)(H2,19,20,21);1H. The lowest BCUT2D eigenvalue weighted by atomic mass is 9.92. The van der Waals surface area contributed by atoms with Crippen molar-refractivity contribution >= 4 is 47.4 Å². The molecular formula is C16H26ClIN4O. The molecule has 0 spiro atoms. The molecule has 5 nitrogen and oxygen atoms in total. The quantitative estimate of drug-likeness (QED) is 0.366. The van der Waals surface area contributed by atoms with Gasteiger partial charge in [0.25, 0.3) is 0 Å². The number of aliphatic imine (C=N–C) groups is 1. The van der Waals surface area contributed by atoms with E-state index in [1.165, 1.54) is 0 Å². The van der Waals surface area contributed by atoms with Crippen LogP contribution in [0.5, 0.6) is 0 Å². The number of halogens is 2. The third-order valence-electron chi connectivity index (χ3n) is 3.49. The Kier molecular flexibility index (Phi) is 9.53. The number of amides is 1. The molecule has 1 aromatic rings. The number of carbonyl (C=O) groups is 1. The third kappa shape index (κ3) is 6.55.